The van der Waals surface area contributed by atoms with Crippen molar-refractivity contribution in [2.75, 3.05) is 5.32 Å². The van der Waals surface area contributed by atoms with Crippen LogP contribution in [0.25, 0.3) is 0 Å². The molecule has 0 fully saturated rings. The molecule has 0 atom stereocenters. The topological polar surface area (TPSA) is 89.3 Å². The number of sulfonamides is 1. The quantitative estimate of drug-likeness (QED) is 0.772. The van der Waals surface area contributed by atoms with E-state index in [1.165, 1.54) is 24.3 Å². The fourth-order valence-electron chi connectivity index (χ4n) is 1.53. The van der Waals surface area contributed by atoms with Gasteiger partial charge in [-0.25, -0.2) is 13.6 Å². The number of hydrogen-bond donors (Lipinski definition) is 2. The van der Waals surface area contributed by atoms with Crippen LogP contribution in [-0.2, 0) is 10.0 Å². The minimum atomic E-state index is -3.74. The number of primary sulfonamides is 1. The zero-order valence-corrected chi connectivity index (χ0v) is 13.2. The van der Waals surface area contributed by atoms with E-state index in [-0.39, 0.29) is 10.8 Å². The fourth-order valence-corrected chi connectivity index (χ4v) is 2.41. The fraction of sp³-hybridized carbons (Fsp3) is 0. The van der Waals surface area contributed by atoms with E-state index in [9.17, 15) is 13.2 Å². The van der Waals surface area contributed by atoms with Crippen LogP contribution in [0.4, 0.5) is 5.69 Å². The van der Waals surface area contributed by atoms with Crippen molar-refractivity contribution in [2.24, 2.45) is 5.14 Å². The molecule has 0 heterocycles. The summed E-state index contributed by atoms with van der Waals surface area (Å²) in [5.41, 5.74) is 1.03. The zero-order chi connectivity index (χ0) is 14.8. The van der Waals surface area contributed by atoms with E-state index in [1.807, 2.05) is 12.1 Å². The zero-order valence-electron chi connectivity index (χ0n) is 10.2. The van der Waals surface area contributed by atoms with Gasteiger partial charge in [-0.05, 0) is 71.1 Å². The number of halogens is 1. The van der Waals surface area contributed by atoms with Crippen LogP contribution in [0.1, 0.15) is 10.4 Å². The highest BCUT2D eigenvalue weighted by molar-refractivity contribution is 14.1. The molecule has 5 nitrogen and oxygen atoms in total. The third-order valence-corrected chi connectivity index (χ3v) is 4.20. The van der Waals surface area contributed by atoms with Gasteiger partial charge < -0.3 is 5.32 Å². The van der Waals surface area contributed by atoms with Crippen LogP contribution in [0.15, 0.2) is 53.4 Å². The first kappa shape index (κ1) is 14.9. The molecule has 0 aromatic heterocycles. The van der Waals surface area contributed by atoms with Crippen molar-refractivity contribution in [3.63, 3.8) is 0 Å². The molecule has 0 aliphatic carbocycles. The number of anilines is 1. The molecule has 3 N–H and O–H groups in total. The van der Waals surface area contributed by atoms with Crippen LogP contribution in [0.5, 0.6) is 0 Å². The van der Waals surface area contributed by atoms with Crippen molar-refractivity contribution in [3.8, 4) is 0 Å². The molecule has 7 heteroatoms. The summed E-state index contributed by atoms with van der Waals surface area (Å²) in [6.07, 6.45) is 0. The van der Waals surface area contributed by atoms with E-state index < -0.39 is 10.0 Å². The number of rotatable bonds is 3. The number of benzene rings is 2. The molecule has 0 radical (unpaired) electrons. The van der Waals surface area contributed by atoms with Gasteiger partial charge in [-0.2, -0.15) is 0 Å². The highest BCUT2D eigenvalue weighted by Gasteiger charge is 2.10. The van der Waals surface area contributed by atoms with Crippen LogP contribution in [0.3, 0.4) is 0 Å². The van der Waals surface area contributed by atoms with E-state index in [4.69, 9.17) is 5.14 Å². The Morgan fingerprint density at radius 3 is 2.05 bits per heavy atom. The number of nitrogens with one attached hydrogen (secondary N) is 1. The van der Waals surface area contributed by atoms with E-state index in [0.717, 1.165) is 3.57 Å². The second-order valence-corrected chi connectivity index (χ2v) is 6.84. The van der Waals surface area contributed by atoms with E-state index in [0.29, 0.717) is 11.3 Å². The van der Waals surface area contributed by atoms with Crippen molar-refractivity contribution >= 4 is 44.2 Å². The highest BCUT2D eigenvalue weighted by Crippen LogP contribution is 2.14. The van der Waals surface area contributed by atoms with Gasteiger partial charge in [-0.15, -0.1) is 0 Å². The van der Waals surface area contributed by atoms with Crippen LogP contribution < -0.4 is 10.5 Å². The summed E-state index contributed by atoms with van der Waals surface area (Å²) in [5, 5.41) is 7.71. The summed E-state index contributed by atoms with van der Waals surface area (Å²) in [7, 11) is -3.74. The van der Waals surface area contributed by atoms with Crippen molar-refractivity contribution < 1.29 is 13.2 Å². The number of hydrogen-bond acceptors (Lipinski definition) is 3. The molecule has 2 aromatic carbocycles. The lowest BCUT2D eigenvalue weighted by molar-refractivity contribution is 0.102. The van der Waals surface area contributed by atoms with Crippen LogP contribution in [-0.4, -0.2) is 14.3 Å². The van der Waals surface area contributed by atoms with Crippen molar-refractivity contribution in [2.45, 2.75) is 4.90 Å². The van der Waals surface area contributed by atoms with Gasteiger partial charge in [0.05, 0.1) is 4.90 Å². The molecular formula is C13H11IN2O3S. The molecule has 0 spiro atoms. The largest absolute Gasteiger partial charge is 0.322 e. The van der Waals surface area contributed by atoms with Gasteiger partial charge in [0.2, 0.25) is 10.0 Å². The number of amides is 1. The summed E-state index contributed by atoms with van der Waals surface area (Å²) in [5.74, 6) is -0.313. The number of nitrogens with two attached hydrogens (primary N) is 1. The predicted molar refractivity (Wildman–Crippen MR) is 84.9 cm³/mol. The molecule has 0 unspecified atom stereocenters. The lowest BCUT2D eigenvalue weighted by atomic mass is 10.2. The molecule has 1 amide bonds. The molecule has 0 saturated carbocycles. The Labute approximate surface area is 130 Å². The lowest BCUT2D eigenvalue weighted by Crippen LogP contribution is -2.14. The number of carbonyl (C=O) groups is 1. The summed E-state index contributed by atoms with van der Waals surface area (Å²) in [6, 6.07) is 12.8. The van der Waals surface area contributed by atoms with Crippen LogP contribution in [0.2, 0.25) is 0 Å². The average molecular weight is 402 g/mol. The molecule has 2 aromatic rings. The van der Waals surface area contributed by atoms with Gasteiger partial charge >= 0.3 is 0 Å². The van der Waals surface area contributed by atoms with Gasteiger partial charge in [0.25, 0.3) is 5.91 Å². The Kier molecular flexibility index (Phi) is 4.41. The number of carbonyl (C=O) groups excluding carboxylic acids is 1. The molecule has 0 bridgehead atoms. The molecule has 2 rings (SSSR count). The Hall–Kier alpha value is -1.45. The monoisotopic (exact) mass is 402 g/mol. The first-order valence-corrected chi connectivity index (χ1v) is 8.18. The molecule has 0 aliphatic rings. The predicted octanol–water partition coefficient (Wildman–Crippen LogP) is 2.19. The van der Waals surface area contributed by atoms with Gasteiger partial charge in [-0.1, -0.05) is 0 Å². The molecule has 104 valence electrons. The van der Waals surface area contributed by atoms with Crippen LogP contribution >= 0.6 is 22.6 Å². The summed E-state index contributed by atoms with van der Waals surface area (Å²) in [6.45, 7) is 0. The molecule has 0 aliphatic heterocycles. The van der Waals surface area contributed by atoms with E-state index in [2.05, 4.69) is 27.9 Å². The maximum Gasteiger partial charge on any atom is 0.255 e. The van der Waals surface area contributed by atoms with Crippen molar-refractivity contribution in [1.29, 1.82) is 0 Å². The Morgan fingerprint density at radius 1 is 1.00 bits per heavy atom. The minimum absolute atomic E-state index is 0.0247. The van der Waals surface area contributed by atoms with Gasteiger partial charge in [0.1, 0.15) is 0 Å². The third kappa shape index (κ3) is 3.78. The Balaban J connectivity index is 2.15. The smallest absolute Gasteiger partial charge is 0.255 e. The third-order valence-electron chi connectivity index (χ3n) is 2.55. The van der Waals surface area contributed by atoms with E-state index >= 15 is 0 Å². The van der Waals surface area contributed by atoms with E-state index in [1.54, 1.807) is 12.1 Å². The standard InChI is InChI=1S/C13H11IN2O3S/c14-10-3-5-11(6-4-10)16-13(17)9-1-7-12(8-2-9)20(15,18)19/h1-8H,(H,16,17)(H2,15,18,19). The van der Waals surface area contributed by atoms with Crippen molar-refractivity contribution in [1.82, 2.24) is 0 Å². The molecule has 0 saturated heterocycles. The minimum Gasteiger partial charge on any atom is -0.322 e. The normalized spacial score (nSPS) is 11.1. The molecular weight excluding hydrogens is 391 g/mol. The average Bonchev–Trinajstić information content (AvgIpc) is 2.40. The highest BCUT2D eigenvalue weighted by atomic mass is 127. The summed E-state index contributed by atoms with van der Waals surface area (Å²) < 4.78 is 23.3. The first-order valence-electron chi connectivity index (χ1n) is 5.56. The first-order chi connectivity index (χ1) is 9.36. The molecule has 20 heavy (non-hydrogen) atoms. The van der Waals surface area contributed by atoms with Gasteiger partial charge in [-0.3, -0.25) is 4.79 Å². The lowest BCUT2D eigenvalue weighted by Gasteiger charge is -2.06. The van der Waals surface area contributed by atoms with Gasteiger partial charge in [0.15, 0.2) is 0 Å². The van der Waals surface area contributed by atoms with Gasteiger partial charge in [0, 0.05) is 14.8 Å². The second kappa shape index (κ2) is 5.90. The van der Waals surface area contributed by atoms with Crippen LogP contribution in [0, 0.1) is 3.57 Å². The Morgan fingerprint density at radius 2 is 1.55 bits per heavy atom. The Bertz CT molecular complexity index is 725. The second-order valence-electron chi connectivity index (χ2n) is 4.03. The summed E-state index contributed by atoms with van der Waals surface area (Å²) in [4.78, 5) is 11.9. The maximum absolute atomic E-state index is 12.0. The summed E-state index contributed by atoms with van der Waals surface area (Å²) >= 11 is 2.17. The maximum atomic E-state index is 12.0. The SMILES string of the molecule is NS(=O)(=O)c1ccc(C(=O)Nc2ccc(I)cc2)cc1. The van der Waals surface area contributed by atoms with Crippen molar-refractivity contribution in [3.05, 3.63) is 57.7 Å².